The van der Waals surface area contributed by atoms with E-state index < -0.39 is 0 Å². The number of halogens is 1. The highest BCUT2D eigenvalue weighted by molar-refractivity contribution is 7.08. The molecule has 0 saturated carbocycles. The highest BCUT2D eigenvalue weighted by atomic mass is 35.5. The van der Waals surface area contributed by atoms with Crippen LogP contribution in [0.5, 0.6) is 0 Å². The van der Waals surface area contributed by atoms with Crippen LogP contribution in [-0.2, 0) is 4.79 Å². The van der Waals surface area contributed by atoms with E-state index in [0.29, 0.717) is 0 Å². The first-order valence-corrected chi connectivity index (χ1v) is 7.92. The molecule has 2 aromatic heterocycles. The minimum absolute atomic E-state index is 0. The molecule has 1 atom stereocenters. The molecule has 2 heterocycles. The molecule has 1 aromatic carbocycles. The van der Waals surface area contributed by atoms with Gasteiger partial charge < -0.3 is 5.32 Å². The Labute approximate surface area is 145 Å². The molecule has 0 saturated heterocycles. The van der Waals surface area contributed by atoms with Crippen molar-refractivity contribution in [2.24, 2.45) is 0 Å². The summed E-state index contributed by atoms with van der Waals surface area (Å²) in [4.78, 5) is 18.6. The number of anilines is 1. The molecule has 0 spiro atoms. The molecule has 0 aliphatic carbocycles. The zero-order valence-corrected chi connectivity index (χ0v) is 14.5. The monoisotopic (exact) mass is 347 g/mol. The number of benzene rings is 1. The van der Waals surface area contributed by atoms with Crippen LogP contribution in [0.3, 0.4) is 0 Å². The molecule has 3 rings (SSSR count). The van der Waals surface area contributed by atoms with Gasteiger partial charge in [0, 0.05) is 23.5 Å². The Hall–Kier alpha value is -1.95. The molecule has 1 N–H and O–H groups in total. The normalized spacial score (nSPS) is 12.0. The van der Waals surface area contributed by atoms with Crippen molar-refractivity contribution in [1.29, 1.82) is 0 Å². The van der Waals surface area contributed by atoms with Crippen LogP contribution in [-0.4, -0.2) is 29.9 Å². The van der Waals surface area contributed by atoms with Crippen molar-refractivity contribution in [3.05, 3.63) is 59.0 Å². The summed E-state index contributed by atoms with van der Waals surface area (Å²) in [6, 6.07) is 9.47. The third kappa shape index (κ3) is 3.88. The molecular formula is C17H18ClN3OS. The maximum absolute atomic E-state index is 12.6. The van der Waals surface area contributed by atoms with E-state index in [9.17, 15) is 4.79 Å². The Bertz CT molecular complexity index is 789. The van der Waals surface area contributed by atoms with Gasteiger partial charge in [-0.05, 0) is 60.1 Å². The lowest BCUT2D eigenvalue weighted by atomic mass is 10.1. The first kappa shape index (κ1) is 17.4. The number of hydrogen-bond acceptors (Lipinski definition) is 4. The number of pyridine rings is 1. The third-order valence-electron chi connectivity index (χ3n) is 3.53. The van der Waals surface area contributed by atoms with E-state index >= 15 is 0 Å². The average molecular weight is 348 g/mol. The molecule has 4 nitrogen and oxygen atoms in total. The fourth-order valence-electron chi connectivity index (χ4n) is 2.49. The van der Waals surface area contributed by atoms with E-state index in [4.69, 9.17) is 0 Å². The van der Waals surface area contributed by atoms with Crippen LogP contribution in [0.25, 0.3) is 10.8 Å². The van der Waals surface area contributed by atoms with E-state index in [1.54, 1.807) is 17.5 Å². The summed E-state index contributed by atoms with van der Waals surface area (Å²) in [7, 11) is 3.82. The predicted molar refractivity (Wildman–Crippen MR) is 98.4 cm³/mol. The SMILES string of the molecule is CN(C)[C@@H](C(=O)Nc1ccc2cnccc2c1)c1ccsc1.Cl. The number of carbonyl (C=O) groups is 1. The van der Waals surface area contributed by atoms with Crippen molar-refractivity contribution in [3.8, 4) is 0 Å². The van der Waals surface area contributed by atoms with Gasteiger partial charge >= 0.3 is 0 Å². The third-order valence-corrected chi connectivity index (χ3v) is 4.23. The van der Waals surface area contributed by atoms with Gasteiger partial charge in [-0.25, -0.2) is 0 Å². The average Bonchev–Trinajstić information content (AvgIpc) is 3.00. The second-order valence-electron chi connectivity index (χ2n) is 5.35. The summed E-state index contributed by atoms with van der Waals surface area (Å²) in [6.45, 7) is 0. The Morgan fingerprint density at radius 1 is 1.22 bits per heavy atom. The van der Waals surface area contributed by atoms with Gasteiger partial charge in [-0.3, -0.25) is 14.7 Å². The minimum atomic E-state index is -0.292. The van der Waals surface area contributed by atoms with Crippen LogP contribution < -0.4 is 5.32 Å². The fourth-order valence-corrected chi connectivity index (χ4v) is 3.17. The molecule has 23 heavy (non-hydrogen) atoms. The highest BCUT2D eigenvalue weighted by Crippen LogP contribution is 2.24. The fraction of sp³-hybridized carbons (Fsp3) is 0.176. The molecule has 3 aromatic rings. The Kier molecular flexibility index (Phi) is 5.71. The number of nitrogens with zero attached hydrogens (tertiary/aromatic N) is 2. The summed E-state index contributed by atoms with van der Waals surface area (Å²) in [6.07, 6.45) is 3.57. The smallest absolute Gasteiger partial charge is 0.246 e. The van der Waals surface area contributed by atoms with Gasteiger partial charge in [0.2, 0.25) is 5.91 Å². The number of thiophene rings is 1. The predicted octanol–water partition coefficient (Wildman–Crippen LogP) is 3.96. The quantitative estimate of drug-likeness (QED) is 0.777. The zero-order valence-electron chi connectivity index (χ0n) is 12.9. The number of fused-ring (bicyclic) bond motifs is 1. The second-order valence-corrected chi connectivity index (χ2v) is 6.13. The van der Waals surface area contributed by atoms with Gasteiger partial charge in [0.25, 0.3) is 0 Å². The number of nitrogens with one attached hydrogen (secondary N) is 1. The van der Waals surface area contributed by atoms with Crippen LogP contribution in [0.15, 0.2) is 53.5 Å². The number of amides is 1. The molecular weight excluding hydrogens is 330 g/mol. The number of rotatable bonds is 4. The van der Waals surface area contributed by atoms with Crippen molar-refractivity contribution in [2.45, 2.75) is 6.04 Å². The number of carbonyl (C=O) groups excluding carboxylic acids is 1. The molecule has 0 aliphatic rings. The summed E-state index contributed by atoms with van der Waals surface area (Å²) in [5.41, 5.74) is 1.81. The summed E-state index contributed by atoms with van der Waals surface area (Å²) in [5.74, 6) is -0.0307. The van der Waals surface area contributed by atoms with Crippen molar-refractivity contribution in [2.75, 3.05) is 19.4 Å². The molecule has 0 aliphatic heterocycles. The first-order chi connectivity index (χ1) is 10.6. The number of likely N-dealkylation sites (N-methyl/N-ethyl adjacent to an activating group) is 1. The number of aromatic nitrogens is 1. The lowest BCUT2D eigenvalue weighted by molar-refractivity contribution is -0.120. The molecule has 1 amide bonds. The van der Waals surface area contributed by atoms with E-state index in [-0.39, 0.29) is 24.4 Å². The topological polar surface area (TPSA) is 45.2 Å². The van der Waals surface area contributed by atoms with Crippen LogP contribution in [0.2, 0.25) is 0 Å². The van der Waals surface area contributed by atoms with Gasteiger partial charge in [-0.1, -0.05) is 6.07 Å². The summed E-state index contributed by atoms with van der Waals surface area (Å²) >= 11 is 1.60. The van der Waals surface area contributed by atoms with Crippen molar-refractivity contribution in [1.82, 2.24) is 9.88 Å². The summed E-state index contributed by atoms with van der Waals surface area (Å²) in [5, 5.41) is 9.12. The Balaban J connectivity index is 0.00000192. The Morgan fingerprint density at radius 2 is 2.04 bits per heavy atom. The van der Waals surface area contributed by atoms with E-state index in [0.717, 1.165) is 22.0 Å². The zero-order chi connectivity index (χ0) is 15.5. The lowest BCUT2D eigenvalue weighted by Gasteiger charge is -2.22. The molecule has 6 heteroatoms. The Morgan fingerprint density at radius 3 is 2.74 bits per heavy atom. The van der Waals surface area contributed by atoms with E-state index in [1.165, 1.54) is 0 Å². The molecule has 0 unspecified atom stereocenters. The first-order valence-electron chi connectivity index (χ1n) is 6.98. The molecule has 0 fully saturated rings. The maximum atomic E-state index is 12.6. The minimum Gasteiger partial charge on any atom is -0.324 e. The largest absolute Gasteiger partial charge is 0.324 e. The maximum Gasteiger partial charge on any atom is 0.246 e. The van der Waals surface area contributed by atoms with Gasteiger partial charge in [0.05, 0.1) is 0 Å². The van der Waals surface area contributed by atoms with Gasteiger partial charge in [0.15, 0.2) is 0 Å². The van der Waals surface area contributed by atoms with Gasteiger partial charge in [0.1, 0.15) is 6.04 Å². The second kappa shape index (κ2) is 7.55. The van der Waals surface area contributed by atoms with E-state index in [1.807, 2.05) is 66.3 Å². The number of hydrogen-bond donors (Lipinski definition) is 1. The van der Waals surface area contributed by atoms with Gasteiger partial charge in [-0.2, -0.15) is 11.3 Å². The molecule has 120 valence electrons. The standard InChI is InChI=1S/C17H17N3OS.ClH/c1-20(2)16(14-6-8-22-11-14)17(21)19-15-4-3-13-10-18-7-5-12(13)9-15;/h3-11,16H,1-2H3,(H,19,21);1H/t16-;/m1./s1. The highest BCUT2D eigenvalue weighted by Gasteiger charge is 2.23. The van der Waals surface area contributed by atoms with Crippen LogP contribution >= 0.6 is 23.7 Å². The van der Waals surface area contributed by atoms with Crippen molar-refractivity contribution >= 4 is 46.1 Å². The van der Waals surface area contributed by atoms with E-state index in [2.05, 4.69) is 10.3 Å². The summed E-state index contributed by atoms with van der Waals surface area (Å²) < 4.78 is 0. The van der Waals surface area contributed by atoms with Crippen LogP contribution in [0.1, 0.15) is 11.6 Å². The lowest BCUT2D eigenvalue weighted by Crippen LogP contribution is -2.31. The van der Waals surface area contributed by atoms with Crippen LogP contribution in [0, 0.1) is 0 Å². The van der Waals surface area contributed by atoms with Crippen molar-refractivity contribution < 1.29 is 4.79 Å². The van der Waals surface area contributed by atoms with Gasteiger partial charge in [-0.15, -0.1) is 12.4 Å². The van der Waals surface area contributed by atoms with Crippen molar-refractivity contribution in [3.63, 3.8) is 0 Å². The molecule has 0 radical (unpaired) electrons. The van der Waals surface area contributed by atoms with Crippen LogP contribution in [0.4, 0.5) is 5.69 Å². The molecule has 0 bridgehead atoms.